The lowest BCUT2D eigenvalue weighted by Gasteiger charge is -2.15. The third-order valence-corrected chi connectivity index (χ3v) is 3.66. The first-order valence-corrected chi connectivity index (χ1v) is 7.78. The molecule has 0 atom stereocenters. The predicted molar refractivity (Wildman–Crippen MR) is 80.7 cm³/mol. The molecule has 1 aliphatic heterocycles. The standard InChI is InChI=1S/C14H19N7O2/c1-2-7-21-13(17-18-19-21)10-23-14(22)11-5-6-12(16-15-11)20-8-3-4-9-20/h5-6H,2-4,7-10H2,1H3. The Morgan fingerprint density at radius 2 is 2.04 bits per heavy atom. The van der Waals surface area contributed by atoms with Crippen molar-refractivity contribution in [3.05, 3.63) is 23.7 Å². The fraction of sp³-hybridized carbons (Fsp3) is 0.571. The number of nitrogens with zero attached hydrogens (tertiary/aromatic N) is 7. The van der Waals surface area contributed by atoms with Crippen molar-refractivity contribution in [2.45, 2.75) is 39.3 Å². The Kier molecular flexibility index (Phi) is 4.74. The summed E-state index contributed by atoms with van der Waals surface area (Å²) < 4.78 is 6.83. The van der Waals surface area contributed by atoms with Crippen LogP contribution >= 0.6 is 0 Å². The second-order valence-corrected chi connectivity index (χ2v) is 5.37. The van der Waals surface area contributed by atoms with Gasteiger partial charge in [-0.15, -0.1) is 15.3 Å². The number of ether oxygens (including phenoxy) is 1. The molecule has 3 heterocycles. The van der Waals surface area contributed by atoms with Gasteiger partial charge < -0.3 is 9.64 Å². The van der Waals surface area contributed by atoms with Gasteiger partial charge in [0.15, 0.2) is 23.9 Å². The van der Waals surface area contributed by atoms with Gasteiger partial charge in [-0.3, -0.25) is 0 Å². The Labute approximate surface area is 133 Å². The van der Waals surface area contributed by atoms with Gasteiger partial charge in [0.1, 0.15) is 0 Å². The second-order valence-electron chi connectivity index (χ2n) is 5.37. The zero-order valence-electron chi connectivity index (χ0n) is 13.1. The number of hydrogen-bond donors (Lipinski definition) is 0. The lowest BCUT2D eigenvalue weighted by Crippen LogP contribution is -2.20. The number of rotatable bonds is 6. The van der Waals surface area contributed by atoms with Crippen molar-refractivity contribution in [2.75, 3.05) is 18.0 Å². The van der Waals surface area contributed by atoms with Gasteiger partial charge in [0, 0.05) is 19.6 Å². The van der Waals surface area contributed by atoms with Crippen LogP contribution in [0.3, 0.4) is 0 Å². The van der Waals surface area contributed by atoms with E-state index < -0.39 is 5.97 Å². The first-order chi connectivity index (χ1) is 11.3. The molecule has 1 aliphatic rings. The molecular formula is C14H19N7O2. The first kappa shape index (κ1) is 15.3. The minimum Gasteiger partial charge on any atom is -0.453 e. The Bertz CT molecular complexity index is 649. The molecule has 122 valence electrons. The molecule has 3 rings (SSSR count). The lowest BCUT2D eigenvalue weighted by atomic mass is 10.4. The first-order valence-electron chi connectivity index (χ1n) is 7.78. The van der Waals surface area contributed by atoms with Gasteiger partial charge in [-0.05, 0) is 41.8 Å². The monoisotopic (exact) mass is 317 g/mol. The quantitative estimate of drug-likeness (QED) is 0.722. The van der Waals surface area contributed by atoms with Gasteiger partial charge in [0.2, 0.25) is 0 Å². The molecule has 0 unspecified atom stereocenters. The molecule has 0 radical (unpaired) electrons. The number of anilines is 1. The molecule has 2 aromatic rings. The summed E-state index contributed by atoms with van der Waals surface area (Å²) in [5.41, 5.74) is 0.183. The highest BCUT2D eigenvalue weighted by molar-refractivity contribution is 5.87. The molecule has 0 aliphatic carbocycles. The Hall–Kier alpha value is -2.58. The highest BCUT2D eigenvalue weighted by Crippen LogP contribution is 2.16. The Morgan fingerprint density at radius 3 is 2.74 bits per heavy atom. The van der Waals surface area contributed by atoms with Crippen molar-refractivity contribution in [2.24, 2.45) is 0 Å². The summed E-state index contributed by atoms with van der Waals surface area (Å²) >= 11 is 0. The SMILES string of the molecule is CCCn1nnnc1COC(=O)c1ccc(N2CCCC2)nn1. The van der Waals surface area contributed by atoms with Gasteiger partial charge in [0.25, 0.3) is 0 Å². The molecule has 9 nitrogen and oxygen atoms in total. The fourth-order valence-corrected chi connectivity index (χ4v) is 2.47. The van der Waals surface area contributed by atoms with E-state index in [4.69, 9.17) is 4.74 Å². The Balaban J connectivity index is 1.58. The molecule has 0 aromatic carbocycles. The minimum absolute atomic E-state index is 0.0153. The van der Waals surface area contributed by atoms with E-state index in [0.717, 1.165) is 38.2 Å². The van der Waals surface area contributed by atoms with Crippen LogP contribution in [0.1, 0.15) is 42.5 Å². The van der Waals surface area contributed by atoms with Gasteiger partial charge in [-0.2, -0.15) is 0 Å². The molecule has 1 saturated heterocycles. The largest absolute Gasteiger partial charge is 0.453 e. The Morgan fingerprint density at radius 1 is 1.22 bits per heavy atom. The van der Waals surface area contributed by atoms with Crippen molar-refractivity contribution in [3.8, 4) is 0 Å². The summed E-state index contributed by atoms with van der Waals surface area (Å²) in [6.07, 6.45) is 3.23. The maximum Gasteiger partial charge on any atom is 0.359 e. The molecule has 0 spiro atoms. The maximum atomic E-state index is 12.0. The third-order valence-electron chi connectivity index (χ3n) is 3.66. The van der Waals surface area contributed by atoms with Crippen LogP contribution in [-0.2, 0) is 17.9 Å². The maximum absolute atomic E-state index is 12.0. The molecule has 0 saturated carbocycles. The van der Waals surface area contributed by atoms with Crippen LogP contribution in [0.15, 0.2) is 12.1 Å². The molecule has 0 bridgehead atoms. The third kappa shape index (κ3) is 3.61. The summed E-state index contributed by atoms with van der Waals surface area (Å²) in [6, 6.07) is 3.44. The summed E-state index contributed by atoms with van der Waals surface area (Å²) in [5, 5.41) is 19.3. The molecule has 2 aromatic heterocycles. The average Bonchev–Trinajstić information content (AvgIpc) is 3.25. The number of carbonyl (C=O) groups excluding carboxylic acids is 1. The van der Waals surface area contributed by atoms with E-state index in [1.165, 1.54) is 0 Å². The van der Waals surface area contributed by atoms with Crippen LogP contribution in [0.2, 0.25) is 0 Å². The van der Waals surface area contributed by atoms with Crippen LogP contribution in [0.5, 0.6) is 0 Å². The lowest BCUT2D eigenvalue weighted by molar-refractivity contribution is 0.0448. The van der Waals surface area contributed by atoms with Gasteiger partial charge in [-0.1, -0.05) is 6.92 Å². The van der Waals surface area contributed by atoms with Gasteiger partial charge in [0.05, 0.1) is 0 Å². The number of esters is 1. The zero-order chi connectivity index (χ0) is 16.1. The normalized spacial score (nSPS) is 14.2. The zero-order valence-corrected chi connectivity index (χ0v) is 13.1. The van der Waals surface area contributed by atoms with Crippen molar-refractivity contribution < 1.29 is 9.53 Å². The van der Waals surface area contributed by atoms with Crippen LogP contribution < -0.4 is 4.90 Å². The predicted octanol–water partition coefficient (Wildman–Crippen LogP) is 0.830. The van der Waals surface area contributed by atoms with Crippen LogP contribution in [0, 0.1) is 0 Å². The molecule has 1 fully saturated rings. The fourth-order valence-electron chi connectivity index (χ4n) is 2.47. The molecule has 23 heavy (non-hydrogen) atoms. The van der Waals surface area contributed by atoms with Crippen LogP contribution in [0.4, 0.5) is 5.82 Å². The van der Waals surface area contributed by atoms with Gasteiger partial charge in [-0.25, -0.2) is 9.48 Å². The van der Waals surface area contributed by atoms with E-state index in [1.807, 2.05) is 6.92 Å². The smallest absolute Gasteiger partial charge is 0.359 e. The topological polar surface area (TPSA) is 98.9 Å². The van der Waals surface area contributed by atoms with Gasteiger partial charge >= 0.3 is 5.97 Å². The summed E-state index contributed by atoms with van der Waals surface area (Å²) in [5.74, 6) is 0.782. The number of aryl methyl sites for hydroxylation is 1. The van der Waals surface area contributed by atoms with E-state index >= 15 is 0 Å². The average molecular weight is 317 g/mol. The van der Waals surface area contributed by atoms with Crippen LogP contribution in [0.25, 0.3) is 0 Å². The second kappa shape index (κ2) is 7.12. The number of carbonyl (C=O) groups is 1. The molecular weight excluding hydrogens is 298 g/mol. The summed E-state index contributed by atoms with van der Waals surface area (Å²) in [6.45, 7) is 4.69. The van der Waals surface area contributed by atoms with Crippen molar-refractivity contribution >= 4 is 11.8 Å². The highest BCUT2D eigenvalue weighted by Gasteiger charge is 2.16. The molecule has 9 heteroatoms. The number of tetrazole rings is 1. The molecule has 0 N–H and O–H groups in total. The van der Waals surface area contributed by atoms with E-state index in [9.17, 15) is 4.79 Å². The number of aromatic nitrogens is 6. The van der Waals surface area contributed by atoms with Crippen molar-refractivity contribution in [3.63, 3.8) is 0 Å². The van der Waals surface area contributed by atoms with Crippen molar-refractivity contribution in [1.29, 1.82) is 0 Å². The van der Waals surface area contributed by atoms with E-state index in [-0.39, 0.29) is 12.3 Å². The highest BCUT2D eigenvalue weighted by atomic mass is 16.5. The summed E-state index contributed by atoms with van der Waals surface area (Å²) in [4.78, 5) is 14.2. The molecule has 0 amide bonds. The van der Waals surface area contributed by atoms with Crippen LogP contribution in [-0.4, -0.2) is 49.5 Å². The van der Waals surface area contributed by atoms with E-state index in [1.54, 1.807) is 16.8 Å². The van der Waals surface area contributed by atoms with Crippen molar-refractivity contribution in [1.82, 2.24) is 30.4 Å². The summed E-state index contributed by atoms with van der Waals surface area (Å²) in [7, 11) is 0. The van der Waals surface area contributed by atoms with E-state index in [2.05, 4.69) is 30.6 Å². The van der Waals surface area contributed by atoms with E-state index in [0.29, 0.717) is 12.4 Å². The minimum atomic E-state index is -0.531. The number of hydrogen-bond acceptors (Lipinski definition) is 8.